The molecule has 8 heteroatoms. The van der Waals surface area contributed by atoms with Crippen molar-refractivity contribution in [3.8, 4) is 17.0 Å². The summed E-state index contributed by atoms with van der Waals surface area (Å²) in [5.74, 6) is 0.892. The third-order valence-corrected chi connectivity index (χ3v) is 4.11. The van der Waals surface area contributed by atoms with Crippen LogP contribution in [-0.4, -0.2) is 41.4 Å². The molecule has 2 aromatic heterocycles. The Morgan fingerprint density at radius 1 is 1.24 bits per heavy atom. The Morgan fingerprint density at radius 3 is 2.71 bits per heavy atom. The highest BCUT2D eigenvalue weighted by Crippen LogP contribution is 2.31. The molecule has 1 aromatic carbocycles. The zero-order chi connectivity index (χ0) is 15.0. The number of aromatic nitrogens is 4. The van der Waals surface area contributed by atoms with Crippen LogP contribution in [0.25, 0.3) is 17.0 Å². The molecule has 0 aliphatic carbocycles. The molecule has 21 heavy (non-hydrogen) atoms. The van der Waals surface area contributed by atoms with Crippen molar-refractivity contribution in [3.05, 3.63) is 36.8 Å². The van der Waals surface area contributed by atoms with Crippen molar-refractivity contribution in [3.63, 3.8) is 0 Å². The van der Waals surface area contributed by atoms with E-state index in [-0.39, 0.29) is 4.90 Å². The number of ether oxygens (including phenoxy) is 1. The van der Waals surface area contributed by atoms with E-state index in [0.29, 0.717) is 22.8 Å². The van der Waals surface area contributed by atoms with E-state index in [2.05, 4.69) is 15.1 Å². The molecule has 0 radical (unpaired) electrons. The predicted molar refractivity (Wildman–Crippen MR) is 75.9 cm³/mol. The molecule has 3 aromatic rings. The number of fused-ring (bicyclic) bond motifs is 1. The summed E-state index contributed by atoms with van der Waals surface area (Å²) in [6, 6.07) is 4.67. The number of hydrogen-bond donors (Lipinski definition) is 0. The molecule has 7 nitrogen and oxygen atoms in total. The molecule has 108 valence electrons. The highest BCUT2D eigenvalue weighted by molar-refractivity contribution is 7.90. The van der Waals surface area contributed by atoms with Gasteiger partial charge in [0.25, 0.3) is 5.78 Å². The number of hydrogen-bond acceptors (Lipinski definition) is 6. The Labute approximate surface area is 121 Å². The van der Waals surface area contributed by atoms with Crippen LogP contribution in [0.3, 0.4) is 0 Å². The molecule has 2 heterocycles. The maximum Gasteiger partial charge on any atom is 0.251 e. The van der Waals surface area contributed by atoms with Gasteiger partial charge in [0.2, 0.25) is 0 Å². The number of sulfone groups is 1. The van der Waals surface area contributed by atoms with Crippen LogP contribution in [0.15, 0.2) is 41.7 Å². The average Bonchev–Trinajstić information content (AvgIpc) is 2.89. The molecule has 0 fully saturated rings. The van der Waals surface area contributed by atoms with Gasteiger partial charge in [-0.1, -0.05) is 0 Å². The topological polar surface area (TPSA) is 86.5 Å². The summed E-state index contributed by atoms with van der Waals surface area (Å²) in [5.41, 5.74) is 1.29. The monoisotopic (exact) mass is 304 g/mol. The molecule has 3 rings (SSSR count). The lowest BCUT2D eigenvalue weighted by Gasteiger charge is -2.08. The van der Waals surface area contributed by atoms with Crippen molar-refractivity contribution < 1.29 is 13.2 Å². The maximum absolute atomic E-state index is 11.6. The van der Waals surface area contributed by atoms with Gasteiger partial charge in [0.05, 0.1) is 36.3 Å². The smallest absolute Gasteiger partial charge is 0.251 e. The van der Waals surface area contributed by atoms with Gasteiger partial charge >= 0.3 is 0 Å². The molecule has 0 saturated carbocycles. The van der Waals surface area contributed by atoms with Crippen molar-refractivity contribution in [2.45, 2.75) is 4.90 Å². The molecule has 0 N–H and O–H groups in total. The third-order valence-electron chi connectivity index (χ3n) is 2.99. The van der Waals surface area contributed by atoms with Crippen LogP contribution in [0, 0.1) is 0 Å². The fourth-order valence-electron chi connectivity index (χ4n) is 1.98. The predicted octanol–water partition coefficient (Wildman–Crippen LogP) is 1.20. The first kappa shape index (κ1) is 13.5. The summed E-state index contributed by atoms with van der Waals surface area (Å²) in [4.78, 5) is 8.63. The van der Waals surface area contributed by atoms with Crippen LogP contribution in [0.5, 0.6) is 5.75 Å². The minimum atomic E-state index is -3.29. The quantitative estimate of drug-likeness (QED) is 0.722. The lowest BCUT2D eigenvalue weighted by atomic mass is 10.1. The van der Waals surface area contributed by atoms with Gasteiger partial charge in [-0.25, -0.2) is 22.9 Å². The summed E-state index contributed by atoms with van der Waals surface area (Å²) < 4.78 is 30.0. The third kappa shape index (κ3) is 2.45. The van der Waals surface area contributed by atoms with Crippen molar-refractivity contribution in [1.29, 1.82) is 0 Å². The first-order valence-corrected chi connectivity index (χ1v) is 7.93. The average molecular weight is 304 g/mol. The molecular formula is C13H12N4O3S. The number of rotatable bonds is 3. The zero-order valence-corrected chi connectivity index (χ0v) is 12.2. The summed E-state index contributed by atoms with van der Waals surface area (Å²) in [7, 11) is -1.81. The van der Waals surface area contributed by atoms with Crippen molar-refractivity contribution in [2.75, 3.05) is 13.4 Å². The normalized spacial score (nSPS) is 11.7. The highest BCUT2D eigenvalue weighted by atomic mass is 32.2. The Hall–Kier alpha value is -2.48. The molecule has 0 aliphatic heterocycles. The van der Waals surface area contributed by atoms with Crippen molar-refractivity contribution in [2.24, 2.45) is 0 Å². The SMILES string of the molecule is COc1cc(S(C)(=O)=O)ccc1-c1cn2nccnc2n1. The summed E-state index contributed by atoms with van der Waals surface area (Å²) in [5, 5.41) is 4.09. The lowest BCUT2D eigenvalue weighted by Crippen LogP contribution is -1.98. The van der Waals surface area contributed by atoms with E-state index < -0.39 is 9.84 Å². The van der Waals surface area contributed by atoms with Gasteiger partial charge < -0.3 is 4.74 Å². The number of imidazole rings is 1. The Kier molecular flexibility index (Phi) is 3.09. The van der Waals surface area contributed by atoms with Crippen molar-refractivity contribution in [1.82, 2.24) is 19.6 Å². The first-order valence-electron chi connectivity index (χ1n) is 6.04. The van der Waals surface area contributed by atoms with Crippen LogP contribution in [0.2, 0.25) is 0 Å². The second-order valence-electron chi connectivity index (χ2n) is 4.45. The molecular weight excluding hydrogens is 292 g/mol. The van der Waals surface area contributed by atoms with Crippen LogP contribution in [0.1, 0.15) is 0 Å². The number of nitrogens with zero attached hydrogens (tertiary/aromatic N) is 4. The molecule has 0 atom stereocenters. The van der Waals surface area contributed by atoms with Gasteiger partial charge in [0.1, 0.15) is 5.75 Å². The van der Waals surface area contributed by atoms with E-state index in [1.165, 1.54) is 19.2 Å². The van der Waals surface area contributed by atoms with E-state index in [1.54, 1.807) is 29.2 Å². The van der Waals surface area contributed by atoms with E-state index in [0.717, 1.165) is 6.26 Å². The van der Waals surface area contributed by atoms with Gasteiger partial charge in [-0.15, -0.1) is 0 Å². The number of methoxy groups -OCH3 is 1. The summed E-state index contributed by atoms with van der Waals surface area (Å²) >= 11 is 0. The molecule has 0 saturated heterocycles. The van der Waals surface area contributed by atoms with E-state index in [9.17, 15) is 8.42 Å². The van der Waals surface area contributed by atoms with Gasteiger partial charge in [-0.05, 0) is 18.2 Å². The molecule has 0 bridgehead atoms. The van der Waals surface area contributed by atoms with Gasteiger partial charge in [-0.3, -0.25) is 0 Å². The summed E-state index contributed by atoms with van der Waals surface area (Å²) in [6.45, 7) is 0. The van der Waals surface area contributed by atoms with E-state index in [1.807, 2.05) is 0 Å². The van der Waals surface area contributed by atoms with Crippen LogP contribution >= 0.6 is 0 Å². The fourth-order valence-corrected chi connectivity index (χ4v) is 2.62. The minimum absolute atomic E-state index is 0.197. The van der Waals surface area contributed by atoms with Gasteiger partial charge in [0, 0.05) is 11.8 Å². The second-order valence-corrected chi connectivity index (χ2v) is 6.46. The standard InChI is InChI=1S/C13H12N4O3S/c1-20-12-7-9(21(2,18)19)3-4-10(12)11-8-17-13(16-11)14-5-6-15-17/h3-8H,1-2H3. The minimum Gasteiger partial charge on any atom is -0.496 e. The Bertz CT molecular complexity index is 885. The number of benzene rings is 1. The molecule has 0 amide bonds. The molecule has 0 unspecified atom stereocenters. The van der Waals surface area contributed by atoms with E-state index >= 15 is 0 Å². The first-order chi connectivity index (χ1) is 9.99. The van der Waals surface area contributed by atoms with Crippen LogP contribution < -0.4 is 4.74 Å². The Balaban J connectivity index is 2.17. The maximum atomic E-state index is 11.6. The highest BCUT2D eigenvalue weighted by Gasteiger charge is 2.15. The van der Waals surface area contributed by atoms with Crippen molar-refractivity contribution >= 4 is 15.6 Å². The fraction of sp³-hybridized carbons (Fsp3) is 0.154. The lowest BCUT2D eigenvalue weighted by molar-refractivity contribution is 0.415. The van der Waals surface area contributed by atoms with Crippen LogP contribution in [-0.2, 0) is 9.84 Å². The largest absolute Gasteiger partial charge is 0.496 e. The zero-order valence-electron chi connectivity index (χ0n) is 11.4. The van der Waals surface area contributed by atoms with Gasteiger partial charge in [0.15, 0.2) is 9.84 Å². The van der Waals surface area contributed by atoms with Gasteiger partial charge in [-0.2, -0.15) is 5.10 Å². The van der Waals surface area contributed by atoms with Crippen LogP contribution in [0.4, 0.5) is 0 Å². The second kappa shape index (κ2) is 4.81. The molecule has 0 aliphatic rings. The Morgan fingerprint density at radius 2 is 2.05 bits per heavy atom. The molecule has 0 spiro atoms. The van der Waals surface area contributed by atoms with E-state index in [4.69, 9.17) is 4.74 Å². The summed E-state index contributed by atoms with van der Waals surface area (Å²) in [6.07, 6.45) is 5.97.